The summed E-state index contributed by atoms with van der Waals surface area (Å²) >= 11 is 0. The maximum absolute atomic E-state index is 11.4. The van der Waals surface area contributed by atoms with Crippen LogP contribution in [-0.4, -0.2) is 39.8 Å². The zero-order valence-corrected chi connectivity index (χ0v) is 11.2. The number of aromatic nitrogens is 2. The van der Waals surface area contributed by atoms with Crippen LogP contribution in [0.2, 0.25) is 0 Å². The van der Waals surface area contributed by atoms with Crippen molar-refractivity contribution in [1.29, 1.82) is 0 Å². The number of carboxylic acid groups (broad SMARTS) is 1. The highest BCUT2D eigenvalue weighted by molar-refractivity contribution is 5.91. The molecule has 1 aliphatic heterocycles. The Morgan fingerprint density at radius 1 is 1.55 bits per heavy atom. The predicted molar refractivity (Wildman–Crippen MR) is 71.4 cm³/mol. The molecule has 0 bridgehead atoms. The van der Waals surface area contributed by atoms with Crippen molar-refractivity contribution in [1.82, 2.24) is 9.38 Å². The number of aromatic carboxylic acids is 1. The molecule has 1 aliphatic rings. The summed E-state index contributed by atoms with van der Waals surface area (Å²) in [4.78, 5) is 15.7. The Morgan fingerprint density at radius 3 is 3.10 bits per heavy atom. The number of fused-ring (bicyclic) bond motifs is 1. The maximum Gasteiger partial charge on any atom is 0.341 e. The van der Waals surface area contributed by atoms with Crippen LogP contribution in [0.5, 0.6) is 5.75 Å². The van der Waals surface area contributed by atoms with Crippen LogP contribution < -0.4 is 4.74 Å². The van der Waals surface area contributed by atoms with E-state index in [1.165, 1.54) is 6.20 Å². The second kappa shape index (κ2) is 5.13. The number of ether oxygens (including phenoxy) is 2. The van der Waals surface area contributed by atoms with Crippen molar-refractivity contribution in [3.63, 3.8) is 0 Å². The minimum Gasteiger partial charge on any atom is -0.487 e. The fourth-order valence-electron chi connectivity index (χ4n) is 2.38. The minimum atomic E-state index is -1.01. The number of nitrogens with zero attached hydrogens (tertiary/aromatic N) is 2. The van der Waals surface area contributed by atoms with E-state index in [0.29, 0.717) is 18.0 Å². The normalized spacial score (nSPS) is 19.1. The summed E-state index contributed by atoms with van der Waals surface area (Å²) in [5.41, 5.74) is 1.65. The molecular formula is C14H16N2O4. The van der Waals surface area contributed by atoms with Crippen molar-refractivity contribution in [2.75, 3.05) is 13.2 Å². The molecule has 20 heavy (non-hydrogen) atoms. The highest BCUT2D eigenvalue weighted by Gasteiger charge is 2.20. The van der Waals surface area contributed by atoms with E-state index in [4.69, 9.17) is 9.47 Å². The third-order valence-corrected chi connectivity index (χ3v) is 3.32. The van der Waals surface area contributed by atoms with Crippen LogP contribution in [0.3, 0.4) is 0 Å². The Bertz CT molecular complexity index is 644. The molecule has 1 saturated heterocycles. The molecule has 0 spiro atoms. The number of pyridine rings is 1. The van der Waals surface area contributed by atoms with Gasteiger partial charge in [0.2, 0.25) is 0 Å². The van der Waals surface area contributed by atoms with Crippen molar-refractivity contribution >= 4 is 11.6 Å². The molecule has 106 valence electrons. The van der Waals surface area contributed by atoms with E-state index in [-0.39, 0.29) is 11.7 Å². The average molecular weight is 276 g/mol. The van der Waals surface area contributed by atoms with Gasteiger partial charge in [-0.2, -0.15) is 0 Å². The van der Waals surface area contributed by atoms with Crippen LogP contribution in [0.15, 0.2) is 18.5 Å². The molecule has 1 atom stereocenters. The second-order valence-corrected chi connectivity index (χ2v) is 4.96. The van der Waals surface area contributed by atoms with Crippen LogP contribution in [0.1, 0.15) is 28.9 Å². The zero-order chi connectivity index (χ0) is 14.1. The van der Waals surface area contributed by atoms with Crippen LogP contribution in [0.4, 0.5) is 0 Å². The summed E-state index contributed by atoms with van der Waals surface area (Å²) in [7, 11) is 0. The summed E-state index contributed by atoms with van der Waals surface area (Å²) in [5.74, 6) is -0.656. The Kier molecular flexibility index (Phi) is 3.31. The third kappa shape index (κ3) is 2.46. The van der Waals surface area contributed by atoms with Gasteiger partial charge < -0.3 is 19.0 Å². The first-order valence-electron chi connectivity index (χ1n) is 6.60. The van der Waals surface area contributed by atoms with Crippen LogP contribution >= 0.6 is 0 Å². The quantitative estimate of drug-likeness (QED) is 0.926. The van der Waals surface area contributed by atoms with Gasteiger partial charge in [0, 0.05) is 25.1 Å². The van der Waals surface area contributed by atoms with E-state index in [9.17, 15) is 9.90 Å². The highest BCUT2D eigenvalue weighted by atomic mass is 16.5. The number of rotatable bonds is 3. The number of hydrogen-bond acceptors (Lipinski definition) is 4. The lowest BCUT2D eigenvalue weighted by molar-refractivity contribution is 0.00679. The smallest absolute Gasteiger partial charge is 0.341 e. The van der Waals surface area contributed by atoms with E-state index < -0.39 is 5.97 Å². The van der Waals surface area contributed by atoms with E-state index in [2.05, 4.69) is 4.98 Å². The Morgan fingerprint density at radius 2 is 2.40 bits per heavy atom. The van der Waals surface area contributed by atoms with Gasteiger partial charge in [-0.05, 0) is 19.8 Å². The van der Waals surface area contributed by atoms with Gasteiger partial charge in [-0.25, -0.2) is 9.78 Å². The average Bonchev–Trinajstić information content (AvgIpc) is 2.78. The first-order chi connectivity index (χ1) is 9.63. The van der Waals surface area contributed by atoms with E-state index in [1.807, 2.05) is 6.92 Å². The number of hydrogen-bond donors (Lipinski definition) is 1. The van der Waals surface area contributed by atoms with Gasteiger partial charge in [0.1, 0.15) is 23.1 Å². The summed E-state index contributed by atoms with van der Waals surface area (Å²) < 4.78 is 12.9. The molecule has 1 N–H and O–H groups in total. The largest absolute Gasteiger partial charge is 0.487 e. The van der Waals surface area contributed by atoms with Crippen molar-refractivity contribution < 1.29 is 19.4 Å². The lowest BCUT2D eigenvalue weighted by Crippen LogP contribution is -2.28. The van der Waals surface area contributed by atoms with Crippen LogP contribution in [-0.2, 0) is 4.74 Å². The molecule has 1 fully saturated rings. The van der Waals surface area contributed by atoms with Gasteiger partial charge in [-0.3, -0.25) is 0 Å². The number of imidazole rings is 1. The molecular weight excluding hydrogens is 260 g/mol. The van der Waals surface area contributed by atoms with Gasteiger partial charge >= 0.3 is 5.97 Å². The van der Waals surface area contributed by atoms with Crippen LogP contribution in [0, 0.1) is 6.92 Å². The molecule has 0 aromatic carbocycles. The van der Waals surface area contributed by atoms with Crippen molar-refractivity contribution in [3.05, 3.63) is 29.7 Å². The Labute approximate surface area is 116 Å². The number of carboxylic acids is 1. The molecule has 0 aliphatic carbocycles. The van der Waals surface area contributed by atoms with Gasteiger partial charge in [0.15, 0.2) is 0 Å². The standard InChI is InChI=1S/C14H16N2O4/c1-9-6-16-7-11(14(17)18)12(5-13(16)15-9)20-10-3-2-4-19-8-10/h5-7,10H,2-4,8H2,1H3,(H,17,18). The molecule has 1 unspecified atom stereocenters. The Balaban J connectivity index is 1.97. The first kappa shape index (κ1) is 12.9. The molecule has 2 aromatic rings. The SMILES string of the molecule is Cc1cn2cc(C(=O)O)c(OC3CCCOC3)cc2n1. The summed E-state index contributed by atoms with van der Waals surface area (Å²) in [6.45, 7) is 3.10. The first-order valence-corrected chi connectivity index (χ1v) is 6.60. The molecule has 6 heteroatoms. The third-order valence-electron chi connectivity index (χ3n) is 3.32. The zero-order valence-electron chi connectivity index (χ0n) is 11.2. The second-order valence-electron chi connectivity index (χ2n) is 4.96. The molecule has 2 aromatic heterocycles. The summed E-state index contributed by atoms with van der Waals surface area (Å²) in [6, 6.07) is 1.67. The minimum absolute atomic E-state index is 0.0969. The highest BCUT2D eigenvalue weighted by Crippen LogP contribution is 2.24. The van der Waals surface area contributed by atoms with Gasteiger partial charge in [0.05, 0.1) is 12.3 Å². The lowest BCUT2D eigenvalue weighted by atomic mass is 10.1. The van der Waals surface area contributed by atoms with Crippen molar-refractivity contribution in [3.8, 4) is 5.75 Å². The molecule has 3 rings (SSSR count). The topological polar surface area (TPSA) is 73.1 Å². The summed E-state index contributed by atoms with van der Waals surface area (Å²) in [5, 5.41) is 9.32. The van der Waals surface area contributed by atoms with Gasteiger partial charge in [-0.1, -0.05) is 0 Å². The Hall–Kier alpha value is -2.08. The summed E-state index contributed by atoms with van der Waals surface area (Å²) in [6.07, 6.45) is 5.03. The molecule has 0 saturated carbocycles. The maximum atomic E-state index is 11.4. The molecule has 0 amide bonds. The molecule has 0 radical (unpaired) electrons. The molecule has 6 nitrogen and oxygen atoms in total. The van der Waals surface area contributed by atoms with Gasteiger partial charge in [-0.15, -0.1) is 0 Å². The fraction of sp³-hybridized carbons (Fsp3) is 0.429. The predicted octanol–water partition coefficient (Wildman–Crippen LogP) is 1.90. The van der Waals surface area contributed by atoms with Gasteiger partial charge in [0.25, 0.3) is 0 Å². The number of aryl methyl sites for hydroxylation is 1. The van der Waals surface area contributed by atoms with Crippen LogP contribution in [0.25, 0.3) is 5.65 Å². The van der Waals surface area contributed by atoms with Crippen molar-refractivity contribution in [2.45, 2.75) is 25.9 Å². The fourth-order valence-corrected chi connectivity index (χ4v) is 2.38. The monoisotopic (exact) mass is 276 g/mol. The lowest BCUT2D eigenvalue weighted by Gasteiger charge is -2.24. The number of carbonyl (C=O) groups is 1. The van der Waals surface area contributed by atoms with Crippen molar-refractivity contribution in [2.24, 2.45) is 0 Å². The van der Waals surface area contributed by atoms with E-state index in [0.717, 1.165) is 25.1 Å². The van der Waals surface area contributed by atoms with E-state index >= 15 is 0 Å². The van der Waals surface area contributed by atoms with E-state index in [1.54, 1.807) is 16.7 Å². The molecule has 3 heterocycles.